The van der Waals surface area contributed by atoms with Crippen LogP contribution in [0, 0.1) is 34.5 Å². The highest BCUT2D eigenvalue weighted by atomic mass is 14.6. The summed E-state index contributed by atoms with van der Waals surface area (Å²) in [6.07, 6.45) is 18.2. The van der Waals surface area contributed by atoms with E-state index in [1.165, 1.54) is 57.8 Å². The van der Waals surface area contributed by atoms with Crippen LogP contribution in [0.5, 0.6) is 0 Å². The maximum atomic E-state index is 2.71. The molecule has 4 rings (SSSR count). The lowest BCUT2D eigenvalue weighted by atomic mass is 9.47. The lowest BCUT2D eigenvalue weighted by Crippen LogP contribution is -2.49. The van der Waals surface area contributed by atoms with Crippen molar-refractivity contribution in [2.75, 3.05) is 0 Å². The van der Waals surface area contributed by atoms with Crippen LogP contribution >= 0.6 is 0 Å². The van der Waals surface area contributed by atoms with Crippen LogP contribution < -0.4 is 0 Å². The third-order valence-electron chi connectivity index (χ3n) is 9.02. The van der Waals surface area contributed by atoms with E-state index in [0.29, 0.717) is 10.8 Å². The molecule has 0 saturated heterocycles. The average Bonchev–Trinajstić information content (AvgIpc) is 2.91. The molecule has 0 aromatic carbocycles. The van der Waals surface area contributed by atoms with Gasteiger partial charge >= 0.3 is 0 Å². The smallest absolute Gasteiger partial charge is 0.00853 e. The Morgan fingerprint density at radius 2 is 1.91 bits per heavy atom. The summed E-state index contributed by atoms with van der Waals surface area (Å²) in [4.78, 5) is 0. The number of rotatable bonds is 1. The van der Waals surface area contributed by atoms with E-state index in [-0.39, 0.29) is 0 Å². The van der Waals surface area contributed by atoms with Crippen molar-refractivity contribution in [1.82, 2.24) is 0 Å². The van der Waals surface area contributed by atoms with Gasteiger partial charge in [-0.1, -0.05) is 43.6 Å². The molecule has 0 amide bonds. The predicted octanol–water partition coefficient (Wildman–Crippen LogP) is 6.92. The largest absolute Gasteiger partial charge is 0.0884 e. The molecule has 0 aliphatic heterocycles. The summed E-state index contributed by atoms with van der Waals surface area (Å²) in [5.41, 5.74) is 4.68. The topological polar surface area (TPSA) is 0 Å². The highest BCUT2D eigenvalue weighted by Crippen LogP contribution is 2.67. The fourth-order valence-corrected chi connectivity index (χ4v) is 7.65. The molecule has 0 heterocycles. The minimum atomic E-state index is 0.566. The zero-order valence-corrected chi connectivity index (χ0v) is 15.8. The molecular weight excluding hydrogens is 276 g/mol. The van der Waals surface area contributed by atoms with E-state index < -0.39 is 0 Å². The van der Waals surface area contributed by atoms with Crippen LogP contribution in [0.4, 0.5) is 0 Å². The summed E-state index contributed by atoms with van der Waals surface area (Å²) in [5.74, 6) is 3.82. The highest BCUT2D eigenvalue weighted by molar-refractivity contribution is 5.25. The van der Waals surface area contributed by atoms with Gasteiger partial charge in [0, 0.05) is 0 Å². The molecule has 0 aromatic heterocycles. The van der Waals surface area contributed by atoms with Gasteiger partial charge in [-0.15, -0.1) is 0 Å². The molecule has 0 heteroatoms. The molecule has 6 atom stereocenters. The number of allylic oxidation sites excluding steroid dienone is 4. The average molecular weight is 313 g/mol. The third-order valence-corrected chi connectivity index (χ3v) is 9.02. The molecular formula is C23H36. The van der Waals surface area contributed by atoms with E-state index in [1.54, 1.807) is 5.57 Å². The normalized spacial score (nSPS) is 49.9. The van der Waals surface area contributed by atoms with Crippen molar-refractivity contribution in [1.29, 1.82) is 0 Å². The van der Waals surface area contributed by atoms with Crippen LogP contribution in [-0.2, 0) is 0 Å². The van der Waals surface area contributed by atoms with Crippen LogP contribution in [0.1, 0.15) is 85.5 Å². The SMILES string of the molecule is C/C=C(\C)[C@H]1CC[C@H]2[C@@H]3CC=C4CCCC[C@]4(C)[C@H]3CC[C@]12C. The molecule has 0 aromatic rings. The minimum Gasteiger partial charge on any atom is -0.0884 e. The summed E-state index contributed by atoms with van der Waals surface area (Å²) in [6, 6.07) is 0. The van der Waals surface area contributed by atoms with E-state index in [9.17, 15) is 0 Å². The van der Waals surface area contributed by atoms with Crippen molar-refractivity contribution in [2.24, 2.45) is 34.5 Å². The summed E-state index contributed by atoms with van der Waals surface area (Å²) >= 11 is 0. The Morgan fingerprint density at radius 3 is 2.70 bits per heavy atom. The van der Waals surface area contributed by atoms with E-state index >= 15 is 0 Å². The fraction of sp³-hybridized carbons (Fsp3) is 0.826. The predicted molar refractivity (Wildman–Crippen MR) is 99.2 cm³/mol. The molecule has 23 heavy (non-hydrogen) atoms. The molecule has 0 nitrogen and oxygen atoms in total. The standard InChI is InChI=1S/C23H36/c1-5-16(2)19-11-12-20-18-10-9-17-8-6-7-14-22(17,3)21(18)13-15-23(19,20)4/h5,9,18-21H,6-8,10-15H2,1-4H3/b16-5+/t18-,19+,20-,21-,22-,23+/m0/s1. The quantitative estimate of drug-likeness (QED) is 0.461. The van der Waals surface area contributed by atoms with E-state index in [2.05, 4.69) is 39.8 Å². The second-order valence-electron chi connectivity index (χ2n) is 9.67. The maximum Gasteiger partial charge on any atom is -0.00853 e. The molecule has 4 aliphatic rings. The van der Waals surface area contributed by atoms with Crippen LogP contribution in [0.2, 0.25) is 0 Å². The Bertz CT molecular complexity index is 538. The van der Waals surface area contributed by atoms with E-state index in [4.69, 9.17) is 0 Å². The first-order valence-corrected chi connectivity index (χ1v) is 10.3. The summed E-state index contributed by atoms with van der Waals surface area (Å²) < 4.78 is 0. The van der Waals surface area contributed by atoms with Crippen LogP contribution in [0.15, 0.2) is 23.3 Å². The van der Waals surface area contributed by atoms with Crippen molar-refractivity contribution in [3.63, 3.8) is 0 Å². The Morgan fingerprint density at radius 1 is 1.09 bits per heavy atom. The number of hydrogen-bond donors (Lipinski definition) is 0. The summed E-state index contributed by atoms with van der Waals surface area (Å²) in [5, 5.41) is 0. The summed E-state index contributed by atoms with van der Waals surface area (Å²) in [6.45, 7) is 9.93. The van der Waals surface area contributed by atoms with Gasteiger partial charge in [-0.3, -0.25) is 0 Å². The van der Waals surface area contributed by atoms with Gasteiger partial charge in [-0.25, -0.2) is 0 Å². The van der Waals surface area contributed by atoms with Gasteiger partial charge in [0.1, 0.15) is 0 Å². The Hall–Kier alpha value is -0.520. The van der Waals surface area contributed by atoms with Crippen LogP contribution in [0.3, 0.4) is 0 Å². The Balaban J connectivity index is 1.66. The Kier molecular flexibility index (Phi) is 3.82. The minimum absolute atomic E-state index is 0.566. The van der Waals surface area contributed by atoms with E-state index in [1.807, 2.05) is 5.57 Å². The lowest BCUT2D eigenvalue weighted by molar-refractivity contribution is -0.0360. The van der Waals surface area contributed by atoms with Gasteiger partial charge in [0.25, 0.3) is 0 Å². The zero-order valence-electron chi connectivity index (χ0n) is 15.8. The second kappa shape index (κ2) is 5.50. The maximum absolute atomic E-state index is 2.71. The van der Waals surface area contributed by atoms with Crippen LogP contribution in [-0.4, -0.2) is 0 Å². The van der Waals surface area contributed by atoms with E-state index in [0.717, 1.165) is 23.7 Å². The van der Waals surface area contributed by atoms with Gasteiger partial charge in [-0.2, -0.15) is 0 Å². The van der Waals surface area contributed by atoms with Crippen molar-refractivity contribution in [3.8, 4) is 0 Å². The van der Waals surface area contributed by atoms with Crippen molar-refractivity contribution >= 4 is 0 Å². The molecule has 0 spiro atoms. The molecule has 0 unspecified atom stereocenters. The van der Waals surface area contributed by atoms with Gasteiger partial charge in [-0.05, 0) is 99.7 Å². The first-order valence-electron chi connectivity index (χ1n) is 10.3. The van der Waals surface area contributed by atoms with Crippen molar-refractivity contribution < 1.29 is 0 Å². The molecule has 0 N–H and O–H groups in total. The Labute approximate surface area is 143 Å². The lowest BCUT2D eigenvalue weighted by Gasteiger charge is -2.57. The summed E-state index contributed by atoms with van der Waals surface area (Å²) in [7, 11) is 0. The van der Waals surface area contributed by atoms with Crippen molar-refractivity contribution in [3.05, 3.63) is 23.3 Å². The van der Waals surface area contributed by atoms with Crippen molar-refractivity contribution in [2.45, 2.75) is 85.5 Å². The van der Waals surface area contributed by atoms with Crippen LogP contribution in [0.25, 0.3) is 0 Å². The first kappa shape index (κ1) is 16.0. The molecule has 0 radical (unpaired) electrons. The first-order chi connectivity index (χ1) is 11.0. The molecule has 0 bridgehead atoms. The molecule has 128 valence electrons. The third kappa shape index (κ3) is 2.16. The zero-order chi connectivity index (χ0) is 16.2. The van der Waals surface area contributed by atoms with Gasteiger partial charge in [0.05, 0.1) is 0 Å². The van der Waals surface area contributed by atoms with Gasteiger partial charge in [0.15, 0.2) is 0 Å². The van der Waals surface area contributed by atoms with Gasteiger partial charge < -0.3 is 0 Å². The number of fused-ring (bicyclic) bond motifs is 5. The number of hydrogen-bond acceptors (Lipinski definition) is 0. The van der Waals surface area contributed by atoms with Gasteiger partial charge in [0.2, 0.25) is 0 Å². The monoisotopic (exact) mass is 312 g/mol. The fourth-order valence-electron chi connectivity index (χ4n) is 7.65. The molecule has 4 aliphatic carbocycles. The molecule has 3 saturated carbocycles. The second-order valence-corrected chi connectivity index (χ2v) is 9.67. The molecule has 3 fully saturated rings. The highest BCUT2D eigenvalue weighted by Gasteiger charge is 2.58.